The summed E-state index contributed by atoms with van der Waals surface area (Å²) in [6, 6.07) is 5.45. The normalized spacial score (nSPS) is 10.3. The summed E-state index contributed by atoms with van der Waals surface area (Å²) >= 11 is 0. The molecule has 0 unspecified atom stereocenters. The van der Waals surface area contributed by atoms with E-state index in [1.165, 1.54) is 0 Å². The molecule has 0 aliphatic heterocycles. The van der Waals surface area contributed by atoms with E-state index in [9.17, 15) is 10.0 Å². The van der Waals surface area contributed by atoms with E-state index in [4.69, 9.17) is 9.47 Å². The van der Waals surface area contributed by atoms with Gasteiger partial charge in [0, 0.05) is 19.2 Å². The zero-order chi connectivity index (χ0) is 14.3. The number of benzene rings is 1. The number of aryl methyl sites for hydroxylation is 1. The van der Waals surface area contributed by atoms with Gasteiger partial charge in [-0.1, -0.05) is 18.7 Å². The van der Waals surface area contributed by atoms with Gasteiger partial charge >= 0.3 is 7.12 Å². The first-order valence-electron chi connectivity index (χ1n) is 6.29. The van der Waals surface area contributed by atoms with Crippen LogP contribution in [-0.4, -0.2) is 37.5 Å². The summed E-state index contributed by atoms with van der Waals surface area (Å²) in [4.78, 5) is 0. The molecule has 19 heavy (non-hydrogen) atoms. The number of hydrogen-bond acceptors (Lipinski definition) is 4. The maximum absolute atomic E-state index is 9.39. The minimum atomic E-state index is -1.54. The molecule has 0 saturated heterocycles. The molecule has 1 aromatic rings. The Labute approximate surface area is 114 Å². The van der Waals surface area contributed by atoms with Gasteiger partial charge in [0.05, 0.1) is 0 Å². The molecule has 1 aromatic carbocycles. The van der Waals surface area contributed by atoms with Crippen molar-refractivity contribution in [1.82, 2.24) is 0 Å². The molecule has 0 fully saturated rings. The highest BCUT2D eigenvalue weighted by atomic mass is 16.5. The fourth-order valence-corrected chi connectivity index (χ4v) is 1.71. The first kappa shape index (κ1) is 15.8. The van der Waals surface area contributed by atoms with E-state index in [-0.39, 0.29) is 0 Å². The van der Waals surface area contributed by atoms with Crippen LogP contribution in [0.5, 0.6) is 5.75 Å². The highest BCUT2D eigenvalue weighted by molar-refractivity contribution is 6.59. The molecule has 0 atom stereocenters. The van der Waals surface area contributed by atoms with E-state index in [1.807, 2.05) is 13.0 Å². The second-order valence-electron chi connectivity index (χ2n) is 4.59. The minimum Gasteiger partial charge on any atom is -0.490 e. The average molecular weight is 264 g/mol. The predicted octanol–water partition coefficient (Wildman–Crippen LogP) is 0.900. The molecule has 0 aliphatic rings. The fraction of sp³-hybridized carbons (Fsp3) is 0.429. The lowest BCUT2D eigenvalue weighted by atomic mass is 9.78. The lowest BCUT2D eigenvalue weighted by Gasteiger charge is -2.13. The fourth-order valence-electron chi connectivity index (χ4n) is 1.71. The molecule has 0 radical (unpaired) electrons. The molecular formula is C14H21BO4. The van der Waals surface area contributed by atoms with E-state index < -0.39 is 7.12 Å². The van der Waals surface area contributed by atoms with Crippen molar-refractivity contribution in [1.29, 1.82) is 0 Å². The molecule has 0 amide bonds. The number of ether oxygens (including phenoxy) is 2. The zero-order valence-corrected chi connectivity index (χ0v) is 11.6. The van der Waals surface area contributed by atoms with Crippen LogP contribution in [0.3, 0.4) is 0 Å². The summed E-state index contributed by atoms with van der Waals surface area (Å²) < 4.78 is 10.5. The molecule has 0 spiro atoms. The van der Waals surface area contributed by atoms with Crippen molar-refractivity contribution in [2.45, 2.75) is 19.8 Å². The molecule has 1 rings (SSSR count). The van der Waals surface area contributed by atoms with E-state index >= 15 is 0 Å². The van der Waals surface area contributed by atoms with Crippen molar-refractivity contribution in [3.8, 4) is 5.75 Å². The van der Waals surface area contributed by atoms with Crippen LogP contribution in [0.2, 0.25) is 0 Å². The van der Waals surface area contributed by atoms with Crippen LogP contribution in [0, 0.1) is 0 Å². The van der Waals surface area contributed by atoms with Gasteiger partial charge in [0.1, 0.15) is 12.4 Å². The van der Waals surface area contributed by atoms with Crippen molar-refractivity contribution >= 4 is 12.6 Å². The highest BCUT2D eigenvalue weighted by Crippen LogP contribution is 2.13. The molecule has 104 valence electrons. The van der Waals surface area contributed by atoms with E-state index in [0.29, 0.717) is 24.4 Å². The Kier molecular flexibility index (Phi) is 6.63. The van der Waals surface area contributed by atoms with Crippen LogP contribution >= 0.6 is 0 Å². The largest absolute Gasteiger partial charge is 0.492 e. The molecule has 0 saturated carbocycles. The molecular weight excluding hydrogens is 243 g/mol. The summed E-state index contributed by atoms with van der Waals surface area (Å²) in [5.74, 6) is 0.480. The van der Waals surface area contributed by atoms with Gasteiger partial charge in [-0.2, -0.15) is 0 Å². The predicted molar refractivity (Wildman–Crippen MR) is 76.8 cm³/mol. The van der Waals surface area contributed by atoms with Gasteiger partial charge in [-0.05, 0) is 37.0 Å². The summed E-state index contributed by atoms with van der Waals surface area (Å²) in [6.07, 6.45) is 1.72. The lowest BCUT2D eigenvalue weighted by Crippen LogP contribution is -2.32. The van der Waals surface area contributed by atoms with Crippen molar-refractivity contribution in [2.75, 3.05) is 20.3 Å². The first-order valence-corrected chi connectivity index (χ1v) is 6.29. The molecule has 2 N–H and O–H groups in total. The Morgan fingerprint density at radius 1 is 1.37 bits per heavy atom. The summed E-state index contributed by atoms with van der Waals surface area (Å²) in [5, 5.41) is 18.8. The van der Waals surface area contributed by atoms with Crippen LogP contribution in [0.25, 0.3) is 0 Å². The monoisotopic (exact) mass is 264 g/mol. The van der Waals surface area contributed by atoms with Gasteiger partial charge in [-0.25, -0.2) is 0 Å². The minimum absolute atomic E-state index is 0.364. The molecule has 0 aliphatic carbocycles. The summed E-state index contributed by atoms with van der Waals surface area (Å²) in [5.41, 5.74) is 2.29. The van der Waals surface area contributed by atoms with Crippen LogP contribution in [0.15, 0.2) is 30.4 Å². The maximum atomic E-state index is 9.39. The third-order valence-corrected chi connectivity index (χ3v) is 2.64. The summed E-state index contributed by atoms with van der Waals surface area (Å²) in [6.45, 7) is 6.65. The van der Waals surface area contributed by atoms with Crippen molar-refractivity contribution in [2.24, 2.45) is 0 Å². The molecule has 0 bridgehead atoms. The molecule has 0 aromatic heterocycles. The Hall–Kier alpha value is -1.30. The van der Waals surface area contributed by atoms with Crippen molar-refractivity contribution < 1.29 is 19.5 Å². The van der Waals surface area contributed by atoms with E-state index in [2.05, 4.69) is 6.58 Å². The SMILES string of the molecule is C=C(C)COc1ccc(CCCOC)cc1B(O)O. The quantitative estimate of drug-likeness (QED) is 0.416. The van der Waals surface area contributed by atoms with E-state index in [0.717, 1.165) is 24.0 Å². The van der Waals surface area contributed by atoms with Crippen molar-refractivity contribution in [3.05, 3.63) is 35.9 Å². The Morgan fingerprint density at radius 3 is 2.68 bits per heavy atom. The van der Waals surface area contributed by atoms with Gasteiger partial charge in [-0.3, -0.25) is 0 Å². The third kappa shape index (κ3) is 5.47. The lowest BCUT2D eigenvalue weighted by molar-refractivity contribution is 0.195. The number of rotatable bonds is 8. The van der Waals surface area contributed by atoms with Crippen molar-refractivity contribution in [3.63, 3.8) is 0 Å². The Balaban J connectivity index is 2.79. The molecule has 5 heteroatoms. The van der Waals surface area contributed by atoms with Gasteiger partial charge in [0.25, 0.3) is 0 Å². The first-order chi connectivity index (χ1) is 9.04. The van der Waals surface area contributed by atoms with Crippen LogP contribution in [0.1, 0.15) is 18.9 Å². The maximum Gasteiger partial charge on any atom is 0.492 e. The standard InChI is InChI=1S/C14H21BO4/c1-11(2)10-19-14-7-6-12(5-4-8-18-3)9-13(14)15(16)17/h6-7,9,16-17H,1,4-5,8,10H2,2-3H3. The van der Waals surface area contributed by atoms with E-state index in [1.54, 1.807) is 19.2 Å². The summed E-state index contributed by atoms with van der Waals surface area (Å²) in [7, 11) is 0.125. The highest BCUT2D eigenvalue weighted by Gasteiger charge is 2.17. The Bertz CT molecular complexity index is 418. The third-order valence-electron chi connectivity index (χ3n) is 2.64. The van der Waals surface area contributed by atoms with Gasteiger partial charge in [0.2, 0.25) is 0 Å². The van der Waals surface area contributed by atoms with Crippen LogP contribution in [-0.2, 0) is 11.2 Å². The van der Waals surface area contributed by atoms with Crippen LogP contribution in [0.4, 0.5) is 0 Å². The Morgan fingerprint density at radius 2 is 2.11 bits per heavy atom. The number of hydrogen-bond donors (Lipinski definition) is 2. The zero-order valence-electron chi connectivity index (χ0n) is 11.6. The topological polar surface area (TPSA) is 58.9 Å². The van der Waals surface area contributed by atoms with Gasteiger partial charge in [0.15, 0.2) is 0 Å². The number of methoxy groups -OCH3 is 1. The van der Waals surface area contributed by atoms with Gasteiger partial charge < -0.3 is 19.5 Å². The molecule has 0 heterocycles. The second kappa shape index (κ2) is 7.99. The van der Waals surface area contributed by atoms with Gasteiger partial charge in [-0.15, -0.1) is 0 Å². The average Bonchev–Trinajstić information content (AvgIpc) is 2.37. The second-order valence-corrected chi connectivity index (χ2v) is 4.59. The van der Waals surface area contributed by atoms with Crippen LogP contribution < -0.4 is 10.2 Å². The smallest absolute Gasteiger partial charge is 0.490 e. The molecule has 4 nitrogen and oxygen atoms in total.